The zero-order valence-corrected chi connectivity index (χ0v) is 15.1. The summed E-state index contributed by atoms with van der Waals surface area (Å²) < 4.78 is 13.0. The third kappa shape index (κ3) is 3.88. The zero-order valence-electron chi connectivity index (χ0n) is 15.1. The molecule has 4 nitrogen and oxygen atoms in total. The van der Waals surface area contributed by atoms with Gasteiger partial charge in [0.15, 0.2) is 0 Å². The minimum Gasteiger partial charge on any atom is -0.352 e. The summed E-state index contributed by atoms with van der Waals surface area (Å²) in [5.41, 5.74) is 3.65. The molecule has 0 atom stereocenters. The Morgan fingerprint density at radius 2 is 1.71 bits per heavy atom. The monoisotopic (exact) mass is 371 g/mol. The molecule has 2 aromatic heterocycles. The number of para-hydroxylation sites is 1. The summed E-state index contributed by atoms with van der Waals surface area (Å²) in [6, 6.07) is 21.2. The van der Waals surface area contributed by atoms with E-state index >= 15 is 0 Å². The average molecular weight is 371 g/mol. The van der Waals surface area contributed by atoms with Crippen LogP contribution in [0.25, 0.3) is 22.3 Å². The van der Waals surface area contributed by atoms with Crippen molar-refractivity contribution in [3.63, 3.8) is 0 Å². The Balaban J connectivity index is 1.59. The molecule has 0 fully saturated rings. The highest BCUT2D eigenvalue weighted by molar-refractivity contribution is 6.07. The Morgan fingerprint density at radius 3 is 2.50 bits per heavy atom. The number of nitrogens with one attached hydrogen (secondary N) is 1. The van der Waals surface area contributed by atoms with E-state index in [1.54, 1.807) is 24.4 Å². The number of rotatable bonds is 5. The molecule has 0 saturated heterocycles. The molecule has 0 spiro atoms. The van der Waals surface area contributed by atoms with Crippen LogP contribution in [0.4, 0.5) is 4.39 Å². The number of amides is 1. The minimum atomic E-state index is -0.266. The van der Waals surface area contributed by atoms with Crippen molar-refractivity contribution >= 4 is 16.8 Å². The van der Waals surface area contributed by atoms with E-state index < -0.39 is 0 Å². The predicted molar refractivity (Wildman–Crippen MR) is 107 cm³/mol. The van der Waals surface area contributed by atoms with Crippen LogP contribution in [-0.2, 0) is 6.42 Å². The number of aromatic nitrogens is 2. The second-order valence-corrected chi connectivity index (χ2v) is 6.42. The Hall–Kier alpha value is -3.60. The molecule has 0 aliphatic heterocycles. The van der Waals surface area contributed by atoms with Gasteiger partial charge in [-0.3, -0.25) is 9.78 Å². The fourth-order valence-corrected chi connectivity index (χ4v) is 3.08. The molecule has 1 amide bonds. The van der Waals surface area contributed by atoms with E-state index in [-0.39, 0.29) is 11.7 Å². The van der Waals surface area contributed by atoms with Crippen LogP contribution in [0.1, 0.15) is 15.9 Å². The average Bonchev–Trinajstić information content (AvgIpc) is 2.75. The van der Waals surface area contributed by atoms with Crippen LogP contribution in [0.15, 0.2) is 79.0 Å². The summed E-state index contributed by atoms with van der Waals surface area (Å²) in [5.74, 6) is -0.434. The molecule has 2 heterocycles. The highest BCUT2D eigenvalue weighted by Crippen LogP contribution is 2.23. The molecule has 1 N–H and O–H groups in total. The van der Waals surface area contributed by atoms with E-state index in [0.29, 0.717) is 29.9 Å². The van der Waals surface area contributed by atoms with Gasteiger partial charge in [-0.05, 0) is 48.4 Å². The third-order valence-electron chi connectivity index (χ3n) is 4.50. The highest BCUT2D eigenvalue weighted by Gasteiger charge is 2.14. The van der Waals surface area contributed by atoms with Crippen molar-refractivity contribution in [1.29, 1.82) is 0 Å². The standard InChI is InChI=1S/C23H18FN3O/c24-17-10-8-16(9-11-17)12-14-26-23(28)19-15-22(21-7-3-4-13-25-21)27-20-6-2-1-5-18(19)20/h1-11,13,15H,12,14H2,(H,26,28). The van der Waals surface area contributed by atoms with E-state index in [2.05, 4.69) is 15.3 Å². The molecule has 4 aromatic rings. The number of hydrogen-bond donors (Lipinski definition) is 1. The van der Waals surface area contributed by atoms with Crippen LogP contribution in [0.2, 0.25) is 0 Å². The first-order valence-corrected chi connectivity index (χ1v) is 9.04. The van der Waals surface area contributed by atoms with Gasteiger partial charge in [-0.1, -0.05) is 36.4 Å². The number of carbonyl (C=O) groups excluding carboxylic acids is 1. The Labute approximate surface area is 162 Å². The van der Waals surface area contributed by atoms with Gasteiger partial charge in [0, 0.05) is 18.1 Å². The van der Waals surface area contributed by atoms with Crippen molar-refractivity contribution in [3.8, 4) is 11.4 Å². The number of hydrogen-bond acceptors (Lipinski definition) is 3. The number of halogens is 1. The Bertz CT molecular complexity index is 1110. The van der Waals surface area contributed by atoms with Gasteiger partial charge < -0.3 is 5.32 Å². The molecule has 28 heavy (non-hydrogen) atoms. The SMILES string of the molecule is O=C(NCCc1ccc(F)cc1)c1cc(-c2ccccn2)nc2ccccc12. The third-order valence-corrected chi connectivity index (χ3v) is 4.50. The first kappa shape index (κ1) is 17.8. The summed E-state index contributed by atoms with van der Waals surface area (Å²) in [5, 5.41) is 3.75. The molecular weight excluding hydrogens is 353 g/mol. The van der Waals surface area contributed by atoms with Gasteiger partial charge in [0.25, 0.3) is 5.91 Å². The quantitative estimate of drug-likeness (QED) is 0.565. The number of carbonyl (C=O) groups is 1. The van der Waals surface area contributed by atoms with Gasteiger partial charge in [-0.15, -0.1) is 0 Å². The molecule has 0 unspecified atom stereocenters. The predicted octanol–water partition coefficient (Wildman–Crippen LogP) is 4.41. The molecule has 0 bridgehead atoms. The second-order valence-electron chi connectivity index (χ2n) is 6.42. The second kappa shape index (κ2) is 7.96. The van der Waals surface area contributed by atoms with Crippen LogP contribution in [0, 0.1) is 5.82 Å². The first-order chi connectivity index (χ1) is 13.7. The smallest absolute Gasteiger partial charge is 0.252 e. The molecule has 2 aromatic carbocycles. The van der Waals surface area contributed by atoms with Crippen LogP contribution < -0.4 is 5.32 Å². The molecule has 0 saturated carbocycles. The lowest BCUT2D eigenvalue weighted by atomic mass is 10.1. The van der Waals surface area contributed by atoms with Gasteiger partial charge in [0.2, 0.25) is 0 Å². The maximum atomic E-state index is 13.0. The number of pyridine rings is 2. The van der Waals surface area contributed by atoms with E-state index in [4.69, 9.17) is 0 Å². The molecule has 0 aliphatic rings. The Morgan fingerprint density at radius 1 is 0.929 bits per heavy atom. The van der Waals surface area contributed by atoms with Gasteiger partial charge in [0.05, 0.1) is 22.5 Å². The van der Waals surface area contributed by atoms with E-state index in [9.17, 15) is 9.18 Å². The topological polar surface area (TPSA) is 54.9 Å². The van der Waals surface area contributed by atoms with E-state index in [1.807, 2.05) is 42.5 Å². The summed E-state index contributed by atoms with van der Waals surface area (Å²) in [6.07, 6.45) is 2.33. The van der Waals surface area contributed by atoms with Crippen LogP contribution >= 0.6 is 0 Å². The lowest BCUT2D eigenvalue weighted by molar-refractivity contribution is 0.0955. The van der Waals surface area contributed by atoms with E-state index in [0.717, 1.165) is 16.5 Å². The van der Waals surface area contributed by atoms with Gasteiger partial charge >= 0.3 is 0 Å². The largest absolute Gasteiger partial charge is 0.352 e. The summed E-state index contributed by atoms with van der Waals surface area (Å²) in [4.78, 5) is 21.9. The number of benzene rings is 2. The van der Waals surface area contributed by atoms with Crippen LogP contribution in [-0.4, -0.2) is 22.4 Å². The minimum absolute atomic E-state index is 0.169. The number of fused-ring (bicyclic) bond motifs is 1. The van der Waals surface area contributed by atoms with E-state index in [1.165, 1.54) is 12.1 Å². The van der Waals surface area contributed by atoms with Crippen molar-refractivity contribution in [2.45, 2.75) is 6.42 Å². The van der Waals surface area contributed by atoms with Crippen molar-refractivity contribution in [2.75, 3.05) is 6.54 Å². The fraction of sp³-hybridized carbons (Fsp3) is 0.0870. The normalized spacial score (nSPS) is 10.8. The lowest BCUT2D eigenvalue weighted by Gasteiger charge is -2.10. The van der Waals surface area contributed by atoms with Gasteiger partial charge in [0.1, 0.15) is 5.82 Å². The zero-order chi connectivity index (χ0) is 19.3. The summed E-state index contributed by atoms with van der Waals surface area (Å²) in [6.45, 7) is 0.458. The first-order valence-electron chi connectivity index (χ1n) is 9.04. The fourth-order valence-electron chi connectivity index (χ4n) is 3.08. The van der Waals surface area contributed by atoms with Crippen molar-refractivity contribution in [2.24, 2.45) is 0 Å². The molecule has 4 rings (SSSR count). The van der Waals surface area contributed by atoms with Crippen molar-refractivity contribution in [3.05, 3.63) is 95.9 Å². The molecule has 5 heteroatoms. The number of nitrogens with zero attached hydrogens (tertiary/aromatic N) is 2. The van der Waals surface area contributed by atoms with Gasteiger partial charge in [-0.25, -0.2) is 9.37 Å². The summed E-state index contributed by atoms with van der Waals surface area (Å²) >= 11 is 0. The maximum Gasteiger partial charge on any atom is 0.252 e. The van der Waals surface area contributed by atoms with Crippen molar-refractivity contribution < 1.29 is 9.18 Å². The van der Waals surface area contributed by atoms with Crippen molar-refractivity contribution in [1.82, 2.24) is 15.3 Å². The molecular formula is C23H18FN3O. The maximum absolute atomic E-state index is 13.0. The molecule has 0 aliphatic carbocycles. The Kier molecular flexibility index (Phi) is 5.06. The molecule has 0 radical (unpaired) electrons. The lowest BCUT2D eigenvalue weighted by Crippen LogP contribution is -2.26. The van der Waals surface area contributed by atoms with Crippen LogP contribution in [0.5, 0.6) is 0 Å². The molecule has 138 valence electrons. The summed E-state index contributed by atoms with van der Waals surface area (Å²) in [7, 11) is 0. The van der Waals surface area contributed by atoms with Crippen LogP contribution in [0.3, 0.4) is 0 Å². The highest BCUT2D eigenvalue weighted by atomic mass is 19.1. The van der Waals surface area contributed by atoms with Gasteiger partial charge in [-0.2, -0.15) is 0 Å².